The van der Waals surface area contributed by atoms with Crippen LogP contribution in [0, 0.1) is 11.8 Å². The lowest BCUT2D eigenvalue weighted by atomic mass is 9.86. The van der Waals surface area contributed by atoms with E-state index in [1.165, 1.54) is 6.42 Å². The molecule has 1 saturated heterocycles. The second kappa shape index (κ2) is 7.14. The Hall–Kier alpha value is -1.26. The second-order valence-corrected chi connectivity index (χ2v) is 7.28. The van der Waals surface area contributed by atoms with E-state index in [1.54, 1.807) is 0 Å². The van der Waals surface area contributed by atoms with Crippen LogP contribution in [0.1, 0.15) is 54.4 Å². The molecule has 5 heteroatoms. The molecule has 1 heterocycles. The van der Waals surface area contributed by atoms with E-state index < -0.39 is 11.7 Å². The van der Waals surface area contributed by atoms with Crippen LogP contribution in [-0.4, -0.2) is 41.6 Å². The molecule has 0 aromatic heterocycles. The Kier molecular flexibility index (Phi) is 6.05. The normalized spacial score (nSPS) is 26.4. The molecule has 21 heavy (non-hydrogen) atoms. The molecule has 5 nitrogen and oxygen atoms in total. The number of carbonyl (C=O) groups excluding carboxylic acids is 2. The first-order valence-corrected chi connectivity index (χ1v) is 7.86. The average Bonchev–Trinajstić information content (AvgIpc) is 2.31. The highest BCUT2D eigenvalue weighted by Gasteiger charge is 2.31. The maximum atomic E-state index is 12.3. The van der Waals surface area contributed by atoms with E-state index in [-0.39, 0.29) is 11.9 Å². The molecule has 0 aromatic rings. The molecule has 0 radical (unpaired) electrons. The molecule has 1 N–H and O–H groups in total. The Bertz CT molecular complexity index is 376. The van der Waals surface area contributed by atoms with E-state index in [1.807, 2.05) is 25.7 Å². The van der Waals surface area contributed by atoms with Crippen molar-refractivity contribution in [3.8, 4) is 0 Å². The Morgan fingerprint density at radius 3 is 2.43 bits per heavy atom. The summed E-state index contributed by atoms with van der Waals surface area (Å²) in [5.41, 5.74) is -0.514. The van der Waals surface area contributed by atoms with Crippen molar-refractivity contribution in [2.45, 2.75) is 66.0 Å². The number of ether oxygens (including phenoxy) is 1. The summed E-state index contributed by atoms with van der Waals surface area (Å²) < 4.78 is 5.15. The second-order valence-electron chi connectivity index (χ2n) is 7.28. The smallest absolute Gasteiger partial charge is 0.407 e. The molecule has 0 spiro atoms. The Labute approximate surface area is 128 Å². The van der Waals surface area contributed by atoms with Gasteiger partial charge in [0.25, 0.3) is 0 Å². The van der Waals surface area contributed by atoms with Gasteiger partial charge in [0, 0.05) is 25.6 Å². The quantitative estimate of drug-likeness (QED) is 0.871. The van der Waals surface area contributed by atoms with E-state index >= 15 is 0 Å². The lowest BCUT2D eigenvalue weighted by Gasteiger charge is -2.41. The molecule has 0 saturated carbocycles. The van der Waals surface area contributed by atoms with Crippen molar-refractivity contribution in [3.63, 3.8) is 0 Å². The maximum Gasteiger partial charge on any atom is 0.407 e. The lowest BCUT2D eigenvalue weighted by Crippen LogP contribution is -2.49. The fraction of sp³-hybridized carbons (Fsp3) is 0.875. The highest BCUT2D eigenvalue weighted by Crippen LogP contribution is 2.27. The standard InChI is InChI=1S/C16H30N2O3/c1-11-9-12(2)13(3)18(10-11)14(19)7-8-17-15(20)21-16(4,5)6/h11-13H,7-10H2,1-6H3,(H,17,20). The first-order valence-electron chi connectivity index (χ1n) is 7.86. The minimum atomic E-state index is -0.514. The van der Waals surface area contributed by atoms with E-state index in [4.69, 9.17) is 4.74 Å². The summed E-state index contributed by atoms with van der Waals surface area (Å²) in [5.74, 6) is 1.17. The Morgan fingerprint density at radius 1 is 1.24 bits per heavy atom. The maximum absolute atomic E-state index is 12.3. The number of rotatable bonds is 3. The molecule has 1 aliphatic heterocycles. The molecule has 2 amide bonds. The summed E-state index contributed by atoms with van der Waals surface area (Å²) >= 11 is 0. The van der Waals surface area contributed by atoms with Crippen LogP contribution in [0.25, 0.3) is 0 Å². The van der Waals surface area contributed by atoms with Crippen LogP contribution in [0.3, 0.4) is 0 Å². The molecule has 122 valence electrons. The highest BCUT2D eigenvalue weighted by molar-refractivity contribution is 5.77. The first-order chi connectivity index (χ1) is 9.60. The van der Waals surface area contributed by atoms with E-state index in [2.05, 4.69) is 26.1 Å². The molecule has 1 aliphatic rings. The number of nitrogens with zero attached hydrogens (tertiary/aromatic N) is 1. The van der Waals surface area contributed by atoms with Crippen molar-refractivity contribution in [2.24, 2.45) is 11.8 Å². The van der Waals surface area contributed by atoms with Gasteiger partial charge in [-0.2, -0.15) is 0 Å². The number of amides is 2. The first kappa shape index (κ1) is 17.8. The van der Waals surface area contributed by atoms with Crippen molar-refractivity contribution in [3.05, 3.63) is 0 Å². The van der Waals surface area contributed by atoms with Gasteiger partial charge in [0.15, 0.2) is 0 Å². The van der Waals surface area contributed by atoms with E-state index in [0.29, 0.717) is 24.8 Å². The summed E-state index contributed by atoms with van der Waals surface area (Å²) in [6, 6.07) is 0.273. The van der Waals surface area contributed by atoms with Crippen molar-refractivity contribution >= 4 is 12.0 Å². The van der Waals surface area contributed by atoms with Gasteiger partial charge in [0.05, 0.1) is 0 Å². The Balaban J connectivity index is 2.38. The summed E-state index contributed by atoms with van der Waals surface area (Å²) in [6.07, 6.45) is 1.02. The van der Waals surface area contributed by atoms with E-state index in [9.17, 15) is 9.59 Å². The fourth-order valence-electron chi connectivity index (χ4n) is 2.77. The zero-order valence-corrected chi connectivity index (χ0v) is 14.2. The SMILES string of the molecule is CC1CC(C)C(C)N(C(=O)CCNC(=O)OC(C)(C)C)C1. The molecule has 3 unspecified atom stereocenters. The number of hydrogen-bond acceptors (Lipinski definition) is 3. The molecule has 0 bridgehead atoms. The minimum absolute atomic E-state index is 0.108. The lowest BCUT2D eigenvalue weighted by molar-refractivity contribution is -0.136. The molecular weight excluding hydrogens is 268 g/mol. The van der Waals surface area contributed by atoms with Crippen LogP contribution in [0.4, 0.5) is 4.79 Å². The number of piperidine rings is 1. The predicted octanol–water partition coefficient (Wildman–Crippen LogP) is 2.79. The number of hydrogen-bond donors (Lipinski definition) is 1. The van der Waals surface area contributed by atoms with Gasteiger partial charge in [-0.25, -0.2) is 4.79 Å². The van der Waals surface area contributed by atoms with Crippen molar-refractivity contribution < 1.29 is 14.3 Å². The van der Waals surface area contributed by atoms with Crippen LogP contribution >= 0.6 is 0 Å². The largest absolute Gasteiger partial charge is 0.444 e. The van der Waals surface area contributed by atoms with Crippen LogP contribution in [0.2, 0.25) is 0 Å². The van der Waals surface area contributed by atoms with Gasteiger partial charge in [0.1, 0.15) is 5.60 Å². The number of likely N-dealkylation sites (tertiary alicyclic amines) is 1. The van der Waals surface area contributed by atoms with Gasteiger partial charge in [-0.3, -0.25) is 4.79 Å². The highest BCUT2D eigenvalue weighted by atomic mass is 16.6. The van der Waals surface area contributed by atoms with Gasteiger partial charge in [-0.05, 0) is 46.0 Å². The summed E-state index contributed by atoms with van der Waals surface area (Å²) in [6.45, 7) is 13.1. The Morgan fingerprint density at radius 2 is 1.86 bits per heavy atom. The fourth-order valence-corrected chi connectivity index (χ4v) is 2.77. The average molecular weight is 298 g/mol. The van der Waals surface area contributed by atoms with Crippen molar-refractivity contribution in [1.29, 1.82) is 0 Å². The zero-order valence-electron chi connectivity index (χ0n) is 14.2. The van der Waals surface area contributed by atoms with Gasteiger partial charge in [0.2, 0.25) is 5.91 Å². The van der Waals surface area contributed by atoms with Gasteiger partial charge in [-0.1, -0.05) is 13.8 Å². The van der Waals surface area contributed by atoms with Crippen LogP contribution in [-0.2, 0) is 9.53 Å². The molecule has 1 rings (SSSR count). The number of nitrogens with one attached hydrogen (secondary N) is 1. The monoisotopic (exact) mass is 298 g/mol. The number of carbonyl (C=O) groups is 2. The molecule has 3 atom stereocenters. The van der Waals surface area contributed by atoms with Crippen LogP contribution in [0.5, 0.6) is 0 Å². The molecule has 0 aromatic carbocycles. The summed E-state index contributed by atoms with van der Waals surface area (Å²) in [4.78, 5) is 25.8. The third-order valence-electron chi connectivity index (χ3n) is 3.93. The van der Waals surface area contributed by atoms with Crippen LogP contribution in [0.15, 0.2) is 0 Å². The third-order valence-corrected chi connectivity index (χ3v) is 3.93. The topological polar surface area (TPSA) is 58.6 Å². The number of alkyl carbamates (subject to hydrolysis) is 1. The molecular formula is C16H30N2O3. The third kappa shape index (κ3) is 5.94. The van der Waals surface area contributed by atoms with Crippen molar-refractivity contribution in [1.82, 2.24) is 10.2 Å². The van der Waals surface area contributed by atoms with Gasteiger partial charge in [-0.15, -0.1) is 0 Å². The van der Waals surface area contributed by atoms with Crippen molar-refractivity contribution in [2.75, 3.05) is 13.1 Å². The predicted molar refractivity (Wildman–Crippen MR) is 83.0 cm³/mol. The van der Waals surface area contributed by atoms with E-state index in [0.717, 1.165) is 6.54 Å². The summed E-state index contributed by atoms with van der Waals surface area (Å²) in [7, 11) is 0. The van der Waals surface area contributed by atoms with Gasteiger partial charge < -0.3 is 15.0 Å². The van der Waals surface area contributed by atoms with Crippen LogP contribution < -0.4 is 5.32 Å². The molecule has 0 aliphatic carbocycles. The van der Waals surface area contributed by atoms with Gasteiger partial charge >= 0.3 is 6.09 Å². The minimum Gasteiger partial charge on any atom is -0.444 e. The molecule has 1 fully saturated rings. The zero-order chi connectivity index (χ0) is 16.2. The summed E-state index contributed by atoms with van der Waals surface area (Å²) in [5, 5.41) is 2.64.